The molecule has 0 saturated heterocycles. The van der Waals surface area contributed by atoms with Crippen molar-refractivity contribution in [2.24, 2.45) is 0 Å². The molecule has 3 rings (SSSR count). The van der Waals surface area contributed by atoms with Gasteiger partial charge in [0.05, 0.1) is 17.2 Å². The summed E-state index contributed by atoms with van der Waals surface area (Å²) in [5.41, 5.74) is 0.563. The molecule has 1 amide bonds. The van der Waals surface area contributed by atoms with Gasteiger partial charge in [-0.05, 0) is 38.1 Å². The number of anilines is 1. The van der Waals surface area contributed by atoms with Crippen LogP contribution in [-0.2, 0) is 0 Å². The van der Waals surface area contributed by atoms with Crippen molar-refractivity contribution in [1.82, 2.24) is 0 Å². The average molecular weight is 312 g/mol. The Kier molecular flexibility index (Phi) is 3.52. The number of nitro groups is 1. The number of nitrogens with zero attached hydrogens (tertiary/aromatic N) is 2. The number of hydrogen-bond donors (Lipinski definition) is 0. The van der Waals surface area contributed by atoms with E-state index in [0.29, 0.717) is 23.5 Å². The SMILES string of the molecule is CC1(C)CN(C(=O)c2ccc([N+](=O)[O-])cc2)c2ccccc2O1. The molecule has 0 unspecified atom stereocenters. The van der Waals surface area contributed by atoms with E-state index in [0.717, 1.165) is 0 Å². The van der Waals surface area contributed by atoms with E-state index in [-0.39, 0.29) is 11.6 Å². The van der Waals surface area contributed by atoms with E-state index in [9.17, 15) is 14.9 Å². The van der Waals surface area contributed by atoms with Crippen LogP contribution in [0.2, 0.25) is 0 Å². The van der Waals surface area contributed by atoms with Crippen molar-refractivity contribution in [1.29, 1.82) is 0 Å². The van der Waals surface area contributed by atoms with E-state index in [1.165, 1.54) is 24.3 Å². The predicted octanol–water partition coefficient (Wildman–Crippen LogP) is 3.41. The minimum atomic E-state index is -0.509. The lowest BCUT2D eigenvalue weighted by molar-refractivity contribution is -0.384. The third kappa shape index (κ3) is 2.88. The fraction of sp³-hybridized carbons (Fsp3) is 0.235. The van der Waals surface area contributed by atoms with Gasteiger partial charge in [0.25, 0.3) is 11.6 Å². The fourth-order valence-electron chi connectivity index (χ4n) is 2.63. The first-order valence-corrected chi connectivity index (χ1v) is 7.22. The van der Waals surface area contributed by atoms with Crippen molar-refractivity contribution in [3.63, 3.8) is 0 Å². The molecule has 6 nitrogen and oxygen atoms in total. The number of benzene rings is 2. The maximum Gasteiger partial charge on any atom is 0.269 e. The molecule has 0 spiro atoms. The second-order valence-corrected chi connectivity index (χ2v) is 6.02. The van der Waals surface area contributed by atoms with Gasteiger partial charge < -0.3 is 9.64 Å². The second kappa shape index (κ2) is 5.39. The summed E-state index contributed by atoms with van der Waals surface area (Å²) in [6, 6.07) is 13.0. The number of ether oxygens (including phenoxy) is 1. The van der Waals surface area contributed by atoms with Gasteiger partial charge in [-0.15, -0.1) is 0 Å². The molecule has 0 aliphatic carbocycles. The highest BCUT2D eigenvalue weighted by molar-refractivity contribution is 6.07. The number of carbonyl (C=O) groups is 1. The van der Waals surface area contributed by atoms with Gasteiger partial charge in [0, 0.05) is 17.7 Å². The van der Waals surface area contributed by atoms with Crippen molar-refractivity contribution in [2.75, 3.05) is 11.4 Å². The summed E-state index contributed by atoms with van der Waals surface area (Å²) in [5, 5.41) is 10.7. The highest BCUT2D eigenvalue weighted by Crippen LogP contribution is 2.37. The van der Waals surface area contributed by atoms with E-state index in [4.69, 9.17) is 4.74 Å². The van der Waals surface area contributed by atoms with Crippen LogP contribution < -0.4 is 9.64 Å². The third-order valence-electron chi connectivity index (χ3n) is 3.65. The summed E-state index contributed by atoms with van der Waals surface area (Å²) < 4.78 is 5.90. The molecule has 0 radical (unpaired) electrons. The fourth-order valence-corrected chi connectivity index (χ4v) is 2.63. The monoisotopic (exact) mass is 312 g/mol. The summed E-state index contributed by atoms with van der Waals surface area (Å²) in [6.45, 7) is 4.23. The van der Waals surface area contributed by atoms with Crippen LogP contribution in [0.1, 0.15) is 24.2 Å². The van der Waals surface area contributed by atoms with Crippen LogP contribution in [0, 0.1) is 10.1 Å². The van der Waals surface area contributed by atoms with Crippen LogP contribution in [0.3, 0.4) is 0 Å². The first kappa shape index (κ1) is 15.0. The van der Waals surface area contributed by atoms with Crippen LogP contribution in [0.15, 0.2) is 48.5 Å². The van der Waals surface area contributed by atoms with Gasteiger partial charge in [0.1, 0.15) is 11.4 Å². The molecule has 0 N–H and O–H groups in total. The molecule has 0 atom stereocenters. The molecule has 0 fully saturated rings. The maximum absolute atomic E-state index is 12.8. The number of carbonyl (C=O) groups excluding carboxylic acids is 1. The molecule has 0 saturated carbocycles. The molecule has 0 bridgehead atoms. The topological polar surface area (TPSA) is 72.7 Å². The number of rotatable bonds is 2. The smallest absolute Gasteiger partial charge is 0.269 e. The third-order valence-corrected chi connectivity index (χ3v) is 3.65. The Labute approximate surface area is 133 Å². The zero-order valence-corrected chi connectivity index (χ0v) is 12.9. The molecular weight excluding hydrogens is 296 g/mol. The molecule has 118 valence electrons. The zero-order chi connectivity index (χ0) is 16.6. The summed E-state index contributed by atoms with van der Waals surface area (Å²) >= 11 is 0. The van der Waals surface area contributed by atoms with Gasteiger partial charge in [-0.3, -0.25) is 14.9 Å². The minimum absolute atomic E-state index is 0.0377. The van der Waals surface area contributed by atoms with Crippen LogP contribution in [0.25, 0.3) is 0 Å². The molecule has 1 heterocycles. The van der Waals surface area contributed by atoms with Gasteiger partial charge in [-0.2, -0.15) is 0 Å². The lowest BCUT2D eigenvalue weighted by Crippen LogP contribution is -2.49. The lowest BCUT2D eigenvalue weighted by atomic mass is 10.0. The van der Waals surface area contributed by atoms with Gasteiger partial charge in [-0.1, -0.05) is 12.1 Å². The van der Waals surface area contributed by atoms with Gasteiger partial charge in [0.15, 0.2) is 0 Å². The Morgan fingerprint density at radius 1 is 1.17 bits per heavy atom. The maximum atomic E-state index is 12.8. The highest BCUT2D eigenvalue weighted by Gasteiger charge is 2.35. The van der Waals surface area contributed by atoms with Crippen molar-refractivity contribution in [3.8, 4) is 5.75 Å². The standard InChI is InChI=1S/C17H16N2O4/c1-17(2)11-18(14-5-3-4-6-15(14)23-17)16(20)12-7-9-13(10-8-12)19(21)22/h3-10H,11H2,1-2H3. The summed E-state index contributed by atoms with van der Waals surface area (Å²) in [6.07, 6.45) is 0. The van der Waals surface area contributed by atoms with E-state index < -0.39 is 10.5 Å². The summed E-state index contributed by atoms with van der Waals surface area (Å²) in [4.78, 5) is 24.7. The zero-order valence-electron chi connectivity index (χ0n) is 12.9. The van der Waals surface area contributed by atoms with Gasteiger partial charge in [-0.25, -0.2) is 0 Å². The van der Waals surface area contributed by atoms with Crippen LogP contribution in [0.4, 0.5) is 11.4 Å². The second-order valence-electron chi connectivity index (χ2n) is 6.02. The quantitative estimate of drug-likeness (QED) is 0.629. The summed E-state index contributed by atoms with van der Waals surface area (Å²) in [5.74, 6) is 0.447. The number of fused-ring (bicyclic) bond motifs is 1. The molecule has 1 aliphatic heterocycles. The Hall–Kier alpha value is -2.89. The van der Waals surface area contributed by atoms with E-state index >= 15 is 0 Å². The van der Waals surface area contributed by atoms with E-state index in [1.807, 2.05) is 38.1 Å². The average Bonchev–Trinajstić information content (AvgIpc) is 2.52. The molecule has 6 heteroatoms. The number of non-ortho nitro benzene ring substituents is 1. The number of nitro benzene ring substituents is 1. The Morgan fingerprint density at radius 3 is 2.48 bits per heavy atom. The van der Waals surface area contributed by atoms with Crippen molar-refractivity contribution in [3.05, 3.63) is 64.2 Å². The Bertz CT molecular complexity index is 768. The first-order valence-electron chi connectivity index (χ1n) is 7.22. The normalized spacial score (nSPS) is 15.5. The number of hydrogen-bond acceptors (Lipinski definition) is 4. The lowest BCUT2D eigenvalue weighted by Gasteiger charge is -2.39. The number of para-hydroxylation sites is 2. The first-order chi connectivity index (χ1) is 10.9. The molecule has 1 aliphatic rings. The molecular formula is C17H16N2O4. The van der Waals surface area contributed by atoms with Gasteiger partial charge >= 0.3 is 0 Å². The molecule has 23 heavy (non-hydrogen) atoms. The van der Waals surface area contributed by atoms with Crippen molar-refractivity contribution < 1.29 is 14.5 Å². The highest BCUT2D eigenvalue weighted by atomic mass is 16.6. The molecule has 0 aromatic heterocycles. The van der Waals surface area contributed by atoms with Crippen LogP contribution >= 0.6 is 0 Å². The van der Waals surface area contributed by atoms with Crippen molar-refractivity contribution >= 4 is 17.3 Å². The summed E-state index contributed by atoms with van der Waals surface area (Å²) in [7, 11) is 0. The Balaban J connectivity index is 1.97. The van der Waals surface area contributed by atoms with Crippen molar-refractivity contribution in [2.45, 2.75) is 19.4 Å². The number of amides is 1. The van der Waals surface area contributed by atoms with Crippen LogP contribution in [0.5, 0.6) is 5.75 Å². The van der Waals surface area contributed by atoms with Crippen LogP contribution in [-0.4, -0.2) is 23.0 Å². The van der Waals surface area contributed by atoms with E-state index in [2.05, 4.69) is 0 Å². The predicted molar refractivity (Wildman–Crippen MR) is 85.9 cm³/mol. The van der Waals surface area contributed by atoms with E-state index in [1.54, 1.807) is 4.90 Å². The molecule has 2 aromatic carbocycles. The van der Waals surface area contributed by atoms with Gasteiger partial charge in [0.2, 0.25) is 0 Å². The minimum Gasteiger partial charge on any atom is -0.484 e. The Morgan fingerprint density at radius 2 is 1.83 bits per heavy atom. The largest absolute Gasteiger partial charge is 0.484 e. The molecule has 2 aromatic rings.